The number of amides is 1. The number of carbonyl (C=O) groups excluding carboxylic acids is 2. The summed E-state index contributed by atoms with van der Waals surface area (Å²) in [4.78, 5) is 22.8. The number of ketones is 1. The second kappa shape index (κ2) is 6.19. The van der Waals surface area contributed by atoms with Crippen molar-refractivity contribution in [1.29, 1.82) is 0 Å². The molecule has 0 fully saturated rings. The van der Waals surface area contributed by atoms with Crippen molar-refractivity contribution < 1.29 is 9.59 Å². The van der Waals surface area contributed by atoms with Crippen molar-refractivity contribution in [3.05, 3.63) is 29.8 Å². The molecule has 1 atom stereocenters. The van der Waals surface area contributed by atoms with Gasteiger partial charge in [-0.1, -0.05) is 0 Å². The van der Waals surface area contributed by atoms with Gasteiger partial charge < -0.3 is 10.6 Å². The predicted molar refractivity (Wildman–Crippen MR) is 72.8 cm³/mol. The maximum atomic E-state index is 11.7. The fourth-order valence-corrected chi connectivity index (χ4v) is 1.53. The monoisotopic (exact) mass is 248 g/mol. The lowest BCUT2D eigenvalue weighted by atomic mass is 10.1. The summed E-state index contributed by atoms with van der Waals surface area (Å²) in [6.45, 7) is 7.18. The smallest absolute Gasteiger partial charge is 0.242 e. The fourth-order valence-electron chi connectivity index (χ4n) is 1.53. The van der Waals surface area contributed by atoms with Crippen LogP contribution in [0.2, 0.25) is 0 Å². The van der Waals surface area contributed by atoms with Gasteiger partial charge in [0.1, 0.15) is 6.04 Å². The van der Waals surface area contributed by atoms with E-state index < -0.39 is 0 Å². The SMILES string of the molecule is CC(=O)c1ccc(NC(C)C(=O)NC(C)C)cc1. The Labute approximate surface area is 108 Å². The van der Waals surface area contributed by atoms with Crippen LogP contribution in [0.5, 0.6) is 0 Å². The molecule has 4 heteroatoms. The van der Waals surface area contributed by atoms with E-state index in [0.717, 1.165) is 5.69 Å². The maximum Gasteiger partial charge on any atom is 0.242 e. The number of hydrogen-bond donors (Lipinski definition) is 2. The summed E-state index contributed by atoms with van der Waals surface area (Å²) in [5.41, 5.74) is 1.49. The summed E-state index contributed by atoms with van der Waals surface area (Å²) in [6.07, 6.45) is 0. The van der Waals surface area contributed by atoms with E-state index in [9.17, 15) is 9.59 Å². The van der Waals surface area contributed by atoms with Crippen LogP contribution < -0.4 is 10.6 Å². The minimum absolute atomic E-state index is 0.0344. The fraction of sp³-hybridized carbons (Fsp3) is 0.429. The third-order valence-electron chi connectivity index (χ3n) is 2.50. The van der Waals surface area contributed by atoms with Gasteiger partial charge in [0.05, 0.1) is 0 Å². The van der Waals surface area contributed by atoms with E-state index in [2.05, 4.69) is 10.6 Å². The molecule has 0 aliphatic heterocycles. The van der Waals surface area contributed by atoms with Crippen LogP contribution in [0.1, 0.15) is 38.1 Å². The van der Waals surface area contributed by atoms with Crippen LogP contribution in [-0.4, -0.2) is 23.8 Å². The van der Waals surface area contributed by atoms with Crippen molar-refractivity contribution in [1.82, 2.24) is 5.32 Å². The molecule has 0 bridgehead atoms. The zero-order valence-corrected chi connectivity index (χ0v) is 11.3. The molecule has 0 heterocycles. The van der Waals surface area contributed by atoms with Crippen molar-refractivity contribution in [3.8, 4) is 0 Å². The Morgan fingerprint density at radius 1 is 1.06 bits per heavy atom. The van der Waals surface area contributed by atoms with Crippen LogP contribution in [0.25, 0.3) is 0 Å². The van der Waals surface area contributed by atoms with Crippen LogP contribution in [0.3, 0.4) is 0 Å². The van der Waals surface area contributed by atoms with Gasteiger partial charge in [0.15, 0.2) is 5.78 Å². The molecule has 18 heavy (non-hydrogen) atoms. The van der Waals surface area contributed by atoms with E-state index in [1.54, 1.807) is 31.2 Å². The first-order valence-corrected chi connectivity index (χ1v) is 6.08. The van der Waals surface area contributed by atoms with Gasteiger partial charge >= 0.3 is 0 Å². The van der Waals surface area contributed by atoms with Gasteiger partial charge in [0.2, 0.25) is 5.91 Å². The molecular weight excluding hydrogens is 228 g/mol. The summed E-state index contributed by atoms with van der Waals surface area (Å²) in [7, 11) is 0. The molecule has 0 spiro atoms. The van der Waals surface area contributed by atoms with Crippen molar-refractivity contribution in [2.45, 2.75) is 39.8 Å². The standard InChI is InChI=1S/C14H20N2O2/c1-9(2)15-14(18)10(3)16-13-7-5-12(6-8-13)11(4)17/h5-10,16H,1-4H3,(H,15,18). The average molecular weight is 248 g/mol. The highest BCUT2D eigenvalue weighted by molar-refractivity contribution is 5.94. The third-order valence-corrected chi connectivity index (χ3v) is 2.50. The van der Waals surface area contributed by atoms with Crippen LogP contribution in [0.4, 0.5) is 5.69 Å². The molecule has 1 aromatic carbocycles. The minimum atomic E-state index is -0.310. The first kappa shape index (κ1) is 14.2. The van der Waals surface area contributed by atoms with Gasteiger partial charge in [-0.05, 0) is 52.0 Å². The summed E-state index contributed by atoms with van der Waals surface area (Å²) in [5.74, 6) is -0.00667. The number of carbonyl (C=O) groups is 2. The molecule has 2 N–H and O–H groups in total. The molecule has 0 aromatic heterocycles. The summed E-state index contributed by atoms with van der Waals surface area (Å²) in [6, 6.07) is 6.92. The van der Waals surface area contributed by atoms with Crippen molar-refractivity contribution >= 4 is 17.4 Å². The second-order valence-electron chi connectivity index (χ2n) is 4.66. The van der Waals surface area contributed by atoms with Gasteiger partial charge in [-0.2, -0.15) is 0 Å². The van der Waals surface area contributed by atoms with Gasteiger partial charge in [-0.3, -0.25) is 9.59 Å². The molecule has 0 aliphatic carbocycles. The van der Waals surface area contributed by atoms with Crippen molar-refractivity contribution in [2.24, 2.45) is 0 Å². The molecule has 1 rings (SSSR count). The number of benzene rings is 1. The van der Waals surface area contributed by atoms with Crippen LogP contribution in [0.15, 0.2) is 24.3 Å². The van der Waals surface area contributed by atoms with E-state index in [4.69, 9.17) is 0 Å². The van der Waals surface area contributed by atoms with Crippen molar-refractivity contribution in [2.75, 3.05) is 5.32 Å². The highest BCUT2D eigenvalue weighted by Crippen LogP contribution is 2.11. The molecule has 1 unspecified atom stereocenters. The quantitative estimate of drug-likeness (QED) is 0.785. The zero-order chi connectivity index (χ0) is 13.7. The van der Waals surface area contributed by atoms with Crippen molar-refractivity contribution in [3.63, 3.8) is 0 Å². The first-order chi connectivity index (χ1) is 8.40. The van der Waals surface area contributed by atoms with E-state index in [1.807, 2.05) is 13.8 Å². The Hall–Kier alpha value is -1.84. The lowest BCUT2D eigenvalue weighted by molar-refractivity contribution is -0.122. The molecule has 0 radical (unpaired) electrons. The largest absolute Gasteiger partial charge is 0.374 e. The molecule has 0 saturated carbocycles. The number of rotatable bonds is 5. The van der Waals surface area contributed by atoms with Gasteiger partial charge in [0, 0.05) is 17.3 Å². The number of nitrogens with one attached hydrogen (secondary N) is 2. The molecule has 1 amide bonds. The van der Waals surface area contributed by atoms with E-state index in [-0.39, 0.29) is 23.8 Å². The van der Waals surface area contributed by atoms with Gasteiger partial charge in [0.25, 0.3) is 0 Å². The Bertz CT molecular complexity index is 424. The average Bonchev–Trinajstić information content (AvgIpc) is 2.28. The molecule has 98 valence electrons. The minimum Gasteiger partial charge on any atom is -0.374 e. The molecule has 0 aliphatic rings. The summed E-state index contributed by atoms with van der Waals surface area (Å²) in [5, 5.41) is 5.93. The lowest BCUT2D eigenvalue weighted by Gasteiger charge is -2.17. The topological polar surface area (TPSA) is 58.2 Å². The first-order valence-electron chi connectivity index (χ1n) is 6.08. The Morgan fingerprint density at radius 3 is 2.06 bits per heavy atom. The van der Waals surface area contributed by atoms with Crippen LogP contribution in [-0.2, 0) is 4.79 Å². The summed E-state index contributed by atoms with van der Waals surface area (Å²) < 4.78 is 0. The van der Waals surface area contributed by atoms with E-state index in [0.29, 0.717) is 5.56 Å². The molecular formula is C14H20N2O2. The highest BCUT2D eigenvalue weighted by atomic mass is 16.2. The number of Topliss-reactive ketones (excluding diaryl/α,β-unsaturated/α-hetero) is 1. The number of anilines is 1. The van der Waals surface area contributed by atoms with Crippen LogP contribution in [0, 0.1) is 0 Å². The Balaban J connectivity index is 2.61. The zero-order valence-electron chi connectivity index (χ0n) is 11.3. The lowest BCUT2D eigenvalue weighted by Crippen LogP contribution is -2.40. The Kier molecular flexibility index (Phi) is 4.89. The van der Waals surface area contributed by atoms with Gasteiger partial charge in [-0.15, -0.1) is 0 Å². The van der Waals surface area contributed by atoms with E-state index in [1.165, 1.54) is 6.92 Å². The molecule has 0 saturated heterocycles. The van der Waals surface area contributed by atoms with Gasteiger partial charge in [-0.25, -0.2) is 0 Å². The van der Waals surface area contributed by atoms with Crippen LogP contribution >= 0.6 is 0 Å². The predicted octanol–water partition coefficient (Wildman–Crippen LogP) is 2.21. The third kappa shape index (κ3) is 4.20. The molecule has 4 nitrogen and oxygen atoms in total. The Morgan fingerprint density at radius 2 is 1.61 bits per heavy atom. The van der Waals surface area contributed by atoms with E-state index >= 15 is 0 Å². The second-order valence-corrected chi connectivity index (χ2v) is 4.66. The maximum absolute atomic E-state index is 11.7. The number of hydrogen-bond acceptors (Lipinski definition) is 3. The normalized spacial score (nSPS) is 12.1. The molecule has 1 aromatic rings. The highest BCUT2D eigenvalue weighted by Gasteiger charge is 2.13. The summed E-state index contributed by atoms with van der Waals surface area (Å²) >= 11 is 0.